The van der Waals surface area contributed by atoms with Crippen LogP contribution in [0.3, 0.4) is 0 Å². The Hall–Kier alpha value is -1.77. The zero-order valence-corrected chi connectivity index (χ0v) is 12.9. The standard InChI is InChI=1S/C17H24N2O/c1-5-10-18-15-11-14(12(3)4)19-17-13(15)8-7-9-16(17)20-6-2/h7-9,11-12H,5-6,10H2,1-4H3,(H,18,19). The van der Waals surface area contributed by atoms with Gasteiger partial charge in [0.25, 0.3) is 0 Å². The summed E-state index contributed by atoms with van der Waals surface area (Å²) in [7, 11) is 0. The van der Waals surface area contributed by atoms with Crippen molar-refractivity contribution >= 4 is 16.6 Å². The highest BCUT2D eigenvalue weighted by Crippen LogP contribution is 2.32. The van der Waals surface area contributed by atoms with Crippen LogP contribution < -0.4 is 10.1 Å². The lowest BCUT2D eigenvalue weighted by atomic mass is 10.1. The molecule has 0 radical (unpaired) electrons. The Kier molecular flexibility index (Phi) is 4.83. The van der Waals surface area contributed by atoms with Gasteiger partial charge in [0.05, 0.1) is 6.61 Å². The van der Waals surface area contributed by atoms with Crippen molar-refractivity contribution in [2.75, 3.05) is 18.5 Å². The maximum Gasteiger partial charge on any atom is 0.145 e. The fourth-order valence-corrected chi connectivity index (χ4v) is 2.22. The van der Waals surface area contributed by atoms with Crippen molar-refractivity contribution in [2.24, 2.45) is 0 Å². The summed E-state index contributed by atoms with van der Waals surface area (Å²) in [5.41, 5.74) is 3.21. The number of para-hydroxylation sites is 1. The maximum absolute atomic E-state index is 5.72. The zero-order valence-electron chi connectivity index (χ0n) is 12.9. The first-order valence-electron chi connectivity index (χ1n) is 7.47. The third kappa shape index (κ3) is 3.03. The van der Waals surface area contributed by atoms with Crippen LogP contribution in [0.25, 0.3) is 10.9 Å². The summed E-state index contributed by atoms with van der Waals surface area (Å²) in [5, 5.41) is 4.64. The fraction of sp³-hybridized carbons (Fsp3) is 0.471. The molecule has 20 heavy (non-hydrogen) atoms. The number of benzene rings is 1. The van der Waals surface area contributed by atoms with Gasteiger partial charge in [0, 0.05) is 23.3 Å². The Morgan fingerprint density at radius 2 is 2.05 bits per heavy atom. The van der Waals surface area contributed by atoms with Crippen molar-refractivity contribution in [1.29, 1.82) is 0 Å². The summed E-state index contributed by atoms with van der Waals surface area (Å²) in [5.74, 6) is 1.27. The van der Waals surface area contributed by atoms with Crippen LogP contribution in [0.15, 0.2) is 24.3 Å². The summed E-state index contributed by atoms with van der Waals surface area (Å²) >= 11 is 0. The molecule has 0 amide bonds. The molecule has 2 aromatic rings. The highest BCUT2D eigenvalue weighted by Gasteiger charge is 2.11. The third-order valence-electron chi connectivity index (χ3n) is 3.28. The van der Waals surface area contributed by atoms with Crippen LogP contribution in [0.1, 0.15) is 45.7 Å². The van der Waals surface area contributed by atoms with E-state index in [1.807, 2.05) is 19.1 Å². The predicted octanol–water partition coefficient (Wildman–Crippen LogP) is 4.58. The van der Waals surface area contributed by atoms with Crippen molar-refractivity contribution in [3.63, 3.8) is 0 Å². The van der Waals surface area contributed by atoms with Gasteiger partial charge in [0.1, 0.15) is 11.3 Å². The molecule has 3 nitrogen and oxygen atoms in total. The molecule has 0 aliphatic heterocycles. The molecule has 0 saturated carbocycles. The Morgan fingerprint density at radius 3 is 2.70 bits per heavy atom. The molecule has 0 spiro atoms. The van der Waals surface area contributed by atoms with E-state index in [-0.39, 0.29) is 0 Å². The molecular formula is C17H24N2O. The molecule has 108 valence electrons. The minimum absolute atomic E-state index is 0.399. The van der Waals surface area contributed by atoms with E-state index in [2.05, 4.69) is 38.2 Å². The van der Waals surface area contributed by atoms with Gasteiger partial charge in [-0.25, -0.2) is 4.98 Å². The molecular weight excluding hydrogens is 248 g/mol. The van der Waals surface area contributed by atoms with Crippen molar-refractivity contribution in [3.8, 4) is 5.75 Å². The lowest BCUT2D eigenvalue weighted by Crippen LogP contribution is -2.04. The van der Waals surface area contributed by atoms with Gasteiger partial charge in [-0.05, 0) is 31.4 Å². The van der Waals surface area contributed by atoms with Gasteiger partial charge in [0.15, 0.2) is 0 Å². The van der Waals surface area contributed by atoms with Crippen LogP contribution >= 0.6 is 0 Å². The van der Waals surface area contributed by atoms with E-state index in [4.69, 9.17) is 9.72 Å². The largest absolute Gasteiger partial charge is 0.492 e. The van der Waals surface area contributed by atoms with Gasteiger partial charge in [-0.2, -0.15) is 0 Å². The molecule has 0 aliphatic carbocycles. The quantitative estimate of drug-likeness (QED) is 0.835. The van der Waals surface area contributed by atoms with E-state index in [9.17, 15) is 0 Å². The second-order valence-corrected chi connectivity index (χ2v) is 5.26. The molecule has 1 heterocycles. The minimum Gasteiger partial charge on any atom is -0.492 e. The fourth-order valence-electron chi connectivity index (χ4n) is 2.22. The molecule has 0 fully saturated rings. The highest BCUT2D eigenvalue weighted by atomic mass is 16.5. The molecule has 2 rings (SSSR count). The normalized spacial score (nSPS) is 11.1. The van der Waals surface area contributed by atoms with Gasteiger partial charge >= 0.3 is 0 Å². The smallest absolute Gasteiger partial charge is 0.145 e. The first-order valence-corrected chi connectivity index (χ1v) is 7.47. The van der Waals surface area contributed by atoms with Crippen LogP contribution in [-0.4, -0.2) is 18.1 Å². The van der Waals surface area contributed by atoms with Gasteiger partial charge < -0.3 is 10.1 Å². The molecule has 0 unspecified atom stereocenters. The molecule has 1 aromatic carbocycles. The van der Waals surface area contributed by atoms with Crippen molar-refractivity contribution < 1.29 is 4.74 Å². The van der Waals surface area contributed by atoms with Crippen molar-refractivity contribution in [1.82, 2.24) is 4.98 Å². The molecule has 3 heteroatoms. The lowest BCUT2D eigenvalue weighted by Gasteiger charge is -2.15. The third-order valence-corrected chi connectivity index (χ3v) is 3.28. The Morgan fingerprint density at radius 1 is 1.25 bits per heavy atom. The number of hydrogen-bond acceptors (Lipinski definition) is 3. The van der Waals surface area contributed by atoms with E-state index in [1.165, 1.54) is 0 Å². The Bertz CT molecular complexity index is 578. The zero-order chi connectivity index (χ0) is 14.5. The molecule has 0 aliphatic rings. The van der Waals surface area contributed by atoms with E-state index < -0.39 is 0 Å². The van der Waals surface area contributed by atoms with E-state index >= 15 is 0 Å². The summed E-state index contributed by atoms with van der Waals surface area (Å²) < 4.78 is 5.72. The van der Waals surface area contributed by atoms with Crippen molar-refractivity contribution in [2.45, 2.75) is 40.0 Å². The Labute approximate surface area is 121 Å². The van der Waals surface area contributed by atoms with E-state index in [1.54, 1.807) is 0 Å². The number of rotatable bonds is 6. The number of ether oxygens (including phenoxy) is 1. The Balaban J connectivity index is 2.60. The second kappa shape index (κ2) is 6.60. The molecule has 0 atom stereocenters. The van der Waals surface area contributed by atoms with Gasteiger partial charge in [-0.15, -0.1) is 0 Å². The highest BCUT2D eigenvalue weighted by molar-refractivity contribution is 5.95. The number of nitrogens with zero attached hydrogens (tertiary/aromatic N) is 1. The molecule has 0 saturated heterocycles. The number of nitrogens with one attached hydrogen (secondary N) is 1. The second-order valence-electron chi connectivity index (χ2n) is 5.26. The van der Waals surface area contributed by atoms with Gasteiger partial charge in [0.2, 0.25) is 0 Å². The van der Waals surface area contributed by atoms with Crippen LogP contribution in [0.4, 0.5) is 5.69 Å². The average molecular weight is 272 g/mol. The first kappa shape index (κ1) is 14.6. The van der Waals surface area contributed by atoms with Crippen LogP contribution in [-0.2, 0) is 0 Å². The summed E-state index contributed by atoms with van der Waals surface area (Å²) in [4.78, 5) is 4.80. The van der Waals surface area contributed by atoms with E-state index in [0.29, 0.717) is 12.5 Å². The predicted molar refractivity (Wildman–Crippen MR) is 85.8 cm³/mol. The maximum atomic E-state index is 5.72. The summed E-state index contributed by atoms with van der Waals surface area (Å²) in [6.45, 7) is 10.1. The monoisotopic (exact) mass is 272 g/mol. The van der Waals surface area contributed by atoms with E-state index in [0.717, 1.165) is 41.0 Å². The van der Waals surface area contributed by atoms with Crippen LogP contribution in [0, 0.1) is 0 Å². The molecule has 1 aromatic heterocycles. The van der Waals surface area contributed by atoms with Crippen LogP contribution in [0.2, 0.25) is 0 Å². The van der Waals surface area contributed by atoms with Gasteiger partial charge in [-0.1, -0.05) is 32.9 Å². The van der Waals surface area contributed by atoms with Crippen LogP contribution in [0.5, 0.6) is 5.75 Å². The minimum atomic E-state index is 0.399. The number of hydrogen-bond donors (Lipinski definition) is 1. The lowest BCUT2D eigenvalue weighted by molar-refractivity contribution is 0.343. The van der Waals surface area contributed by atoms with Crippen molar-refractivity contribution in [3.05, 3.63) is 30.0 Å². The molecule has 0 bridgehead atoms. The number of aromatic nitrogens is 1. The topological polar surface area (TPSA) is 34.2 Å². The first-order chi connectivity index (χ1) is 9.67. The summed E-state index contributed by atoms with van der Waals surface area (Å²) in [6, 6.07) is 8.29. The SMILES string of the molecule is CCCNc1cc(C(C)C)nc2c(OCC)cccc12. The number of anilines is 1. The van der Waals surface area contributed by atoms with Gasteiger partial charge in [-0.3, -0.25) is 0 Å². The molecule has 1 N–H and O–H groups in total. The number of pyridine rings is 1. The summed E-state index contributed by atoms with van der Waals surface area (Å²) in [6.07, 6.45) is 1.10. The average Bonchev–Trinajstić information content (AvgIpc) is 2.45. The number of fused-ring (bicyclic) bond motifs is 1.